The van der Waals surface area contributed by atoms with Crippen molar-refractivity contribution in [2.45, 2.75) is 19.4 Å². The van der Waals surface area contributed by atoms with Crippen LogP contribution in [-0.4, -0.2) is 41.1 Å². The Hall–Kier alpha value is -2.47. The first kappa shape index (κ1) is 16.4. The fourth-order valence-electron chi connectivity index (χ4n) is 2.76. The molecule has 0 bridgehead atoms. The van der Waals surface area contributed by atoms with Crippen molar-refractivity contribution >= 4 is 29.1 Å². The Balaban J connectivity index is 1.63. The molecule has 1 aliphatic rings. The van der Waals surface area contributed by atoms with E-state index in [1.54, 1.807) is 47.5 Å². The number of benzene rings is 1. The van der Waals surface area contributed by atoms with Crippen molar-refractivity contribution in [1.29, 1.82) is 0 Å². The molecule has 3 amide bonds. The second-order valence-corrected chi connectivity index (χ2v) is 6.73. The zero-order valence-electron chi connectivity index (χ0n) is 13.6. The van der Waals surface area contributed by atoms with E-state index in [0.717, 1.165) is 9.78 Å². The molecule has 1 aromatic carbocycles. The van der Waals surface area contributed by atoms with E-state index in [9.17, 15) is 14.4 Å². The van der Waals surface area contributed by atoms with E-state index in [0.29, 0.717) is 11.1 Å². The number of thiophene rings is 1. The predicted octanol–water partition coefficient (Wildman–Crippen LogP) is 2.95. The maximum Gasteiger partial charge on any atom is 0.261 e. The maximum atomic E-state index is 12.4. The first-order valence-electron chi connectivity index (χ1n) is 7.75. The lowest BCUT2D eigenvalue weighted by atomic mass is 10.1. The van der Waals surface area contributed by atoms with Gasteiger partial charge in [0.1, 0.15) is 0 Å². The molecule has 0 N–H and O–H groups in total. The number of rotatable bonds is 5. The van der Waals surface area contributed by atoms with Gasteiger partial charge in [-0.3, -0.25) is 19.3 Å². The van der Waals surface area contributed by atoms with E-state index in [-0.39, 0.29) is 36.7 Å². The number of hydrogen-bond donors (Lipinski definition) is 0. The normalized spacial score (nSPS) is 14.7. The van der Waals surface area contributed by atoms with Crippen LogP contribution in [0.2, 0.25) is 0 Å². The molecule has 0 aliphatic carbocycles. The standard InChI is InChI=1S/C18H18N2O3S/c1-12(15-8-5-11-24-15)19(2)16(21)9-10-20-17(22)13-6-3-4-7-14(13)18(20)23/h3-8,11-12H,9-10H2,1-2H3. The largest absolute Gasteiger partial charge is 0.338 e. The predicted molar refractivity (Wildman–Crippen MR) is 91.9 cm³/mol. The molecular weight excluding hydrogens is 324 g/mol. The van der Waals surface area contributed by atoms with Crippen molar-refractivity contribution in [3.63, 3.8) is 0 Å². The van der Waals surface area contributed by atoms with Crippen LogP contribution in [-0.2, 0) is 4.79 Å². The van der Waals surface area contributed by atoms with Gasteiger partial charge in [0.05, 0.1) is 17.2 Å². The first-order chi connectivity index (χ1) is 11.5. The Kier molecular flexibility index (Phi) is 4.49. The summed E-state index contributed by atoms with van der Waals surface area (Å²) in [4.78, 5) is 40.9. The van der Waals surface area contributed by atoms with Gasteiger partial charge in [-0.1, -0.05) is 18.2 Å². The van der Waals surface area contributed by atoms with Crippen LogP contribution in [0.25, 0.3) is 0 Å². The number of imide groups is 1. The topological polar surface area (TPSA) is 57.7 Å². The second kappa shape index (κ2) is 6.57. The third-order valence-electron chi connectivity index (χ3n) is 4.36. The van der Waals surface area contributed by atoms with Crippen molar-refractivity contribution < 1.29 is 14.4 Å². The van der Waals surface area contributed by atoms with Gasteiger partial charge in [0, 0.05) is 24.9 Å². The summed E-state index contributed by atoms with van der Waals surface area (Å²) in [5, 5.41) is 1.98. The molecule has 0 saturated carbocycles. The van der Waals surface area contributed by atoms with Crippen LogP contribution in [0.5, 0.6) is 0 Å². The molecule has 0 saturated heterocycles. The molecule has 1 aliphatic heterocycles. The summed E-state index contributed by atoms with van der Waals surface area (Å²) in [7, 11) is 1.75. The van der Waals surface area contributed by atoms with E-state index >= 15 is 0 Å². The average molecular weight is 342 g/mol. The summed E-state index contributed by atoms with van der Waals surface area (Å²) in [6, 6.07) is 10.7. The van der Waals surface area contributed by atoms with Crippen LogP contribution in [0.4, 0.5) is 0 Å². The zero-order chi connectivity index (χ0) is 17.3. The second-order valence-electron chi connectivity index (χ2n) is 5.75. The van der Waals surface area contributed by atoms with Gasteiger partial charge in [0.2, 0.25) is 5.91 Å². The van der Waals surface area contributed by atoms with Gasteiger partial charge in [-0.25, -0.2) is 0 Å². The highest BCUT2D eigenvalue weighted by Crippen LogP contribution is 2.25. The number of amides is 3. The summed E-state index contributed by atoms with van der Waals surface area (Å²) in [5.74, 6) is -0.734. The van der Waals surface area contributed by atoms with Crippen LogP contribution in [0.3, 0.4) is 0 Å². The van der Waals surface area contributed by atoms with E-state index in [1.165, 1.54) is 0 Å². The smallest absolute Gasteiger partial charge is 0.261 e. The number of fused-ring (bicyclic) bond motifs is 1. The van der Waals surface area contributed by atoms with Crippen LogP contribution in [0.1, 0.15) is 45.0 Å². The lowest BCUT2D eigenvalue weighted by Gasteiger charge is -2.25. The molecule has 6 heteroatoms. The van der Waals surface area contributed by atoms with E-state index in [4.69, 9.17) is 0 Å². The van der Waals surface area contributed by atoms with Gasteiger partial charge in [0.25, 0.3) is 11.8 Å². The lowest BCUT2D eigenvalue weighted by molar-refractivity contribution is -0.131. The Bertz CT molecular complexity index is 750. The number of nitrogens with zero attached hydrogens (tertiary/aromatic N) is 2. The molecule has 5 nitrogen and oxygen atoms in total. The van der Waals surface area contributed by atoms with Crippen molar-refractivity contribution in [2.24, 2.45) is 0 Å². The molecule has 1 aromatic heterocycles. The highest BCUT2D eigenvalue weighted by molar-refractivity contribution is 7.10. The van der Waals surface area contributed by atoms with Gasteiger partial charge in [-0.05, 0) is 30.5 Å². The van der Waals surface area contributed by atoms with Gasteiger partial charge in [-0.15, -0.1) is 11.3 Å². The molecule has 0 fully saturated rings. The minimum absolute atomic E-state index is 0.0281. The Morgan fingerprint density at radius 1 is 1.12 bits per heavy atom. The number of carbonyl (C=O) groups is 3. The molecule has 24 heavy (non-hydrogen) atoms. The van der Waals surface area contributed by atoms with Crippen molar-refractivity contribution in [3.8, 4) is 0 Å². The molecule has 1 unspecified atom stereocenters. The minimum Gasteiger partial charge on any atom is -0.338 e. The third-order valence-corrected chi connectivity index (χ3v) is 5.40. The van der Waals surface area contributed by atoms with Gasteiger partial charge in [-0.2, -0.15) is 0 Å². The van der Waals surface area contributed by atoms with Crippen molar-refractivity contribution in [1.82, 2.24) is 9.80 Å². The van der Waals surface area contributed by atoms with Crippen LogP contribution in [0, 0.1) is 0 Å². The van der Waals surface area contributed by atoms with Gasteiger partial charge < -0.3 is 4.90 Å². The minimum atomic E-state index is -0.322. The van der Waals surface area contributed by atoms with Gasteiger partial charge in [0.15, 0.2) is 0 Å². The zero-order valence-corrected chi connectivity index (χ0v) is 14.4. The SMILES string of the molecule is CC(c1cccs1)N(C)C(=O)CCN1C(=O)c2ccccc2C1=O. The fraction of sp³-hybridized carbons (Fsp3) is 0.278. The molecule has 0 spiro atoms. The maximum absolute atomic E-state index is 12.4. The summed E-state index contributed by atoms with van der Waals surface area (Å²) < 4.78 is 0. The molecule has 3 rings (SSSR count). The number of hydrogen-bond acceptors (Lipinski definition) is 4. The van der Waals surface area contributed by atoms with E-state index < -0.39 is 0 Å². The highest BCUT2D eigenvalue weighted by Gasteiger charge is 2.35. The van der Waals surface area contributed by atoms with Crippen molar-refractivity contribution in [2.75, 3.05) is 13.6 Å². The molecular formula is C18H18N2O3S. The molecule has 124 valence electrons. The fourth-order valence-corrected chi connectivity index (χ4v) is 3.59. The summed E-state index contributed by atoms with van der Waals surface area (Å²) >= 11 is 1.60. The van der Waals surface area contributed by atoms with Crippen LogP contribution in [0.15, 0.2) is 41.8 Å². The first-order valence-corrected chi connectivity index (χ1v) is 8.63. The molecule has 2 aromatic rings. The Morgan fingerprint density at radius 2 is 1.75 bits per heavy atom. The average Bonchev–Trinajstić information content (AvgIpc) is 3.21. The Morgan fingerprint density at radius 3 is 2.29 bits per heavy atom. The molecule has 2 heterocycles. The molecule has 0 radical (unpaired) electrons. The quantitative estimate of drug-likeness (QED) is 0.785. The lowest BCUT2D eigenvalue weighted by Crippen LogP contribution is -2.36. The highest BCUT2D eigenvalue weighted by atomic mass is 32.1. The van der Waals surface area contributed by atoms with E-state index in [2.05, 4.69) is 0 Å². The number of carbonyl (C=O) groups excluding carboxylic acids is 3. The summed E-state index contributed by atoms with van der Waals surface area (Å²) in [6.07, 6.45) is 0.123. The van der Waals surface area contributed by atoms with Gasteiger partial charge >= 0.3 is 0 Å². The van der Waals surface area contributed by atoms with Crippen molar-refractivity contribution in [3.05, 3.63) is 57.8 Å². The summed E-state index contributed by atoms with van der Waals surface area (Å²) in [5.41, 5.74) is 0.825. The van der Waals surface area contributed by atoms with Crippen LogP contribution >= 0.6 is 11.3 Å². The molecule has 1 atom stereocenters. The Labute approximate surface area is 144 Å². The third kappa shape index (κ3) is 2.85. The summed E-state index contributed by atoms with van der Waals surface area (Å²) in [6.45, 7) is 2.07. The van der Waals surface area contributed by atoms with Crippen LogP contribution < -0.4 is 0 Å². The van der Waals surface area contributed by atoms with E-state index in [1.807, 2.05) is 24.4 Å². The monoisotopic (exact) mass is 342 g/mol.